The molecule has 0 bridgehead atoms. The number of aryl methyl sites for hydroxylation is 1. The second-order valence-corrected chi connectivity index (χ2v) is 4.89. The molecular weight excluding hydrogens is 296 g/mol. The molecule has 0 saturated heterocycles. The van der Waals surface area contributed by atoms with E-state index in [1.54, 1.807) is 43.5 Å². The van der Waals surface area contributed by atoms with Gasteiger partial charge in [0, 0.05) is 5.56 Å². The zero-order chi connectivity index (χ0) is 16.7. The third-order valence-corrected chi connectivity index (χ3v) is 3.39. The monoisotopic (exact) mass is 313 g/mol. The summed E-state index contributed by atoms with van der Waals surface area (Å²) in [6.07, 6.45) is -1.12. The van der Waals surface area contributed by atoms with Crippen LogP contribution in [0.2, 0.25) is 0 Å². The van der Waals surface area contributed by atoms with Crippen LogP contribution in [0.1, 0.15) is 22.8 Å². The number of ether oxygens (including phenoxy) is 3. The van der Waals surface area contributed by atoms with Crippen molar-refractivity contribution in [2.75, 3.05) is 7.11 Å². The Labute approximate surface area is 134 Å². The van der Waals surface area contributed by atoms with Crippen molar-refractivity contribution in [1.29, 1.82) is 0 Å². The Hall–Kier alpha value is -2.82. The topological polar surface area (TPSA) is 61.8 Å². The van der Waals surface area contributed by atoms with Crippen LogP contribution >= 0.6 is 0 Å². The molecule has 2 aromatic rings. The first-order valence-corrected chi connectivity index (χ1v) is 7.03. The first kappa shape index (κ1) is 16.5. The van der Waals surface area contributed by atoms with Crippen molar-refractivity contribution in [3.05, 3.63) is 65.2 Å². The van der Waals surface area contributed by atoms with E-state index in [0.29, 0.717) is 5.56 Å². The number of carbonyl (C=O) groups excluding carboxylic acids is 2. The zero-order valence-corrected chi connectivity index (χ0v) is 12.9. The van der Waals surface area contributed by atoms with Crippen molar-refractivity contribution in [2.45, 2.75) is 19.6 Å². The Morgan fingerprint density at radius 1 is 1.13 bits per heavy atom. The third kappa shape index (κ3) is 4.32. The molecular formula is C18H17O5. The van der Waals surface area contributed by atoms with E-state index in [2.05, 4.69) is 0 Å². The van der Waals surface area contributed by atoms with Gasteiger partial charge in [-0.15, -0.1) is 0 Å². The molecule has 0 amide bonds. The molecule has 2 aromatic carbocycles. The van der Waals surface area contributed by atoms with Gasteiger partial charge in [0.25, 0.3) is 0 Å². The highest BCUT2D eigenvalue weighted by Crippen LogP contribution is 2.22. The molecule has 1 radical (unpaired) electrons. The van der Waals surface area contributed by atoms with E-state index >= 15 is 0 Å². The van der Waals surface area contributed by atoms with Crippen LogP contribution in [0.25, 0.3) is 0 Å². The molecule has 1 atom stereocenters. The van der Waals surface area contributed by atoms with E-state index in [4.69, 9.17) is 14.2 Å². The molecule has 119 valence electrons. The highest BCUT2D eigenvalue weighted by molar-refractivity contribution is 5.78. The standard InChI is InChI=1S/C18H17O5/c1-13-5-3-4-6-16(13)17(23-12-19)18(20)22-11-14-7-9-15(21-2)10-8-14/h3-10,17H,11H2,1-2H3. The van der Waals surface area contributed by atoms with Gasteiger partial charge < -0.3 is 14.2 Å². The summed E-state index contributed by atoms with van der Waals surface area (Å²) in [5.41, 5.74) is 2.21. The molecule has 0 aliphatic rings. The smallest absolute Gasteiger partial charge is 0.418 e. The lowest BCUT2D eigenvalue weighted by Gasteiger charge is -2.16. The van der Waals surface area contributed by atoms with E-state index < -0.39 is 12.1 Å². The Bertz CT molecular complexity index is 663. The van der Waals surface area contributed by atoms with E-state index in [0.717, 1.165) is 16.9 Å². The number of carbonyl (C=O) groups is 1. The van der Waals surface area contributed by atoms with Crippen LogP contribution in [0.4, 0.5) is 0 Å². The predicted octanol–water partition coefficient (Wildman–Crippen LogP) is 2.87. The summed E-state index contributed by atoms with van der Waals surface area (Å²) in [5, 5.41) is 0. The fourth-order valence-electron chi connectivity index (χ4n) is 2.12. The van der Waals surface area contributed by atoms with Gasteiger partial charge in [-0.2, -0.15) is 0 Å². The average Bonchev–Trinajstić information content (AvgIpc) is 2.59. The van der Waals surface area contributed by atoms with Crippen molar-refractivity contribution in [3.8, 4) is 5.75 Å². The zero-order valence-electron chi connectivity index (χ0n) is 12.9. The molecule has 0 aromatic heterocycles. The molecule has 0 saturated carbocycles. The average molecular weight is 313 g/mol. The van der Waals surface area contributed by atoms with E-state index in [1.165, 1.54) is 6.47 Å². The van der Waals surface area contributed by atoms with Crippen LogP contribution < -0.4 is 4.74 Å². The van der Waals surface area contributed by atoms with Crippen LogP contribution in [0.15, 0.2) is 48.5 Å². The van der Waals surface area contributed by atoms with Gasteiger partial charge in [-0.05, 0) is 30.2 Å². The molecule has 0 N–H and O–H groups in total. The molecule has 5 nitrogen and oxygen atoms in total. The van der Waals surface area contributed by atoms with Crippen molar-refractivity contribution in [1.82, 2.24) is 0 Å². The third-order valence-electron chi connectivity index (χ3n) is 3.39. The van der Waals surface area contributed by atoms with Crippen LogP contribution in [-0.4, -0.2) is 19.6 Å². The second kappa shape index (κ2) is 7.98. The molecule has 0 aliphatic carbocycles. The van der Waals surface area contributed by atoms with Crippen LogP contribution in [0, 0.1) is 6.92 Å². The highest BCUT2D eigenvalue weighted by Gasteiger charge is 2.25. The molecule has 0 spiro atoms. The number of benzene rings is 2. The molecule has 0 aliphatic heterocycles. The molecule has 1 unspecified atom stereocenters. The first-order valence-electron chi connectivity index (χ1n) is 7.03. The van der Waals surface area contributed by atoms with Crippen LogP contribution in [0.3, 0.4) is 0 Å². The van der Waals surface area contributed by atoms with Gasteiger partial charge in [-0.3, -0.25) is 0 Å². The van der Waals surface area contributed by atoms with E-state index in [1.807, 2.05) is 19.1 Å². The number of hydrogen-bond donors (Lipinski definition) is 0. The normalized spacial score (nSPS) is 11.4. The fourth-order valence-corrected chi connectivity index (χ4v) is 2.12. The van der Waals surface area contributed by atoms with Gasteiger partial charge in [-0.25, -0.2) is 9.59 Å². The number of methoxy groups -OCH3 is 1. The minimum atomic E-state index is -1.12. The van der Waals surface area contributed by atoms with Gasteiger partial charge in [0.15, 0.2) is 0 Å². The summed E-state index contributed by atoms with van der Waals surface area (Å²) in [6, 6.07) is 14.3. The second-order valence-electron chi connectivity index (χ2n) is 4.89. The van der Waals surface area contributed by atoms with Gasteiger partial charge in [-0.1, -0.05) is 36.4 Å². The van der Waals surface area contributed by atoms with Gasteiger partial charge >= 0.3 is 12.4 Å². The summed E-state index contributed by atoms with van der Waals surface area (Å²) in [6.45, 7) is 3.22. The summed E-state index contributed by atoms with van der Waals surface area (Å²) in [4.78, 5) is 22.8. The first-order chi connectivity index (χ1) is 11.2. The highest BCUT2D eigenvalue weighted by atomic mass is 16.6. The van der Waals surface area contributed by atoms with Crippen molar-refractivity contribution in [2.24, 2.45) is 0 Å². The van der Waals surface area contributed by atoms with Gasteiger partial charge in [0.1, 0.15) is 12.4 Å². The summed E-state index contributed by atoms with van der Waals surface area (Å²) >= 11 is 0. The minimum absolute atomic E-state index is 0.0768. The Kier molecular flexibility index (Phi) is 5.74. The summed E-state index contributed by atoms with van der Waals surface area (Å²) in [7, 11) is 1.58. The van der Waals surface area contributed by atoms with Crippen molar-refractivity contribution in [3.63, 3.8) is 0 Å². The van der Waals surface area contributed by atoms with Crippen molar-refractivity contribution < 1.29 is 23.8 Å². The molecule has 0 fully saturated rings. The SMILES string of the molecule is COc1ccc(COC(=O)C(O[C]=O)c2ccccc2C)cc1. The molecule has 5 heteroatoms. The lowest BCUT2D eigenvalue weighted by molar-refractivity contribution is -0.154. The Morgan fingerprint density at radius 2 is 1.83 bits per heavy atom. The van der Waals surface area contributed by atoms with Crippen molar-refractivity contribution >= 4 is 12.4 Å². The largest absolute Gasteiger partial charge is 0.497 e. The fraction of sp³-hybridized carbons (Fsp3) is 0.222. The minimum Gasteiger partial charge on any atom is -0.497 e. The van der Waals surface area contributed by atoms with E-state index in [9.17, 15) is 9.59 Å². The number of esters is 1. The van der Waals surface area contributed by atoms with E-state index in [-0.39, 0.29) is 6.61 Å². The van der Waals surface area contributed by atoms with Gasteiger partial charge in [0.05, 0.1) is 7.11 Å². The maximum Gasteiger partial charge on any atom is 0.418 e. The number of hydrogen-bond acceptors (Lipinski definition) is 5. The lowest BCUT2D eigenvalue weighted by atomic mass is 10.0. The lowest BCUT2D eigenvalue weighted by Crippen LogP contribution is -2.19. The maximum absolute atomic E-state index is 12.2. The van der Waals surface area contributed by atoms with Crippen LogP contribution in [-0.2, 0) is 25.7 Å². The summed E-state index contributed by atoms with van der Waals surface area (Å²) in [5.74, 6) is 0.0789. The Balaban J connectivity index is 2.06. The van der Waals surface area contributed by atoms with Gasteiger partial charge in [0.2, 0.25) is 6.10 Å². The molecule has 23 heavy (non-hydrogen) atoms. The molecule has 0 heterocycles. The quantitative estimate of drug-likeness (QED) is 0.736. The Morgan fingerprint density at radius 3 is 2.43 bits per heavy atom. The number of rotatable bonds is 7. The van der Waals surface area contributed by atoms with Crippen LogP contribution in [0.5, 0.6) is 5.75 Å². The predicted molar refractivity (Wildman–Crippen MR) is 83.5 cm³/mol. The maximum atomic E-state index is 12.2. The molecule has 2 rings (SSSR count). The summed E-state index contributed by atoms with van der Waals surface area (Å²) < 4.78 is 15.1.